The second-order valence-electron chi connectivity index (χ2n) is 10.6. The summed E-state index contributed by atoms with van der Waals surface area (Å²) in [4.78, 5) is 32.8. The highest BCUT2D eigenvalue weighted by Gasteiger charge is 2.34. The first-order valence-corrected chi connectivity index (χ1v) is 17.4. The van der Waals surface area contributed by atoms with Gasteiger partial charge in [0.05, 0.1) is 45.2 Å². The summed E-state index contributed by atoms with van der Waals surface area (Å²) in [5, 5.41) is 0. The van der Waals surface area contributed by atoms with Gasteiger partial charge in [0.2, 0.25) is 0 Å². The zero-order chi connectivity index (χ0) is 33.1. The lowest BCUT2D eigenvalue weighted by atomic mass is 9.95. The highest BCUT2D eigenvalue weighted by molar-refractivity contribution is 14.1. The number of hydrogen-bond acceptors (Lipinski definition) is 8. The van der Waals surface area contributed by atoms with Crippen LogP contribution in [0.3, 0.4) is 0 Å². The molecule has 0 aliphatic carbocycles. The number of fused-ring (bicyclic) bond motifs is 1. The van der Waals surface area contributed by atoms with Gasteiger partial charge in [-0.2, -0.15) is 0 Å². The molecule has 46 heavy (non-hydrogen) atoms. The lowest BCUT2D eigenvalue weighted by Gasteiger charge is -2.25. The number of thiazole rings is 1. The van der Waals surface area contributed by atoms with Crippen LogP contribution < -0.4 is 29.1 Å². The van der Waals surface area contributed by atoms with E-state index in [4.69, 9.17) is 18.9 Å². The van der Waals surface area contributed by atoms with Crippen molar-refractivity contribution in [3.8, 4) is 17.2 Å². The molecule has 8 nitrogen and oxygen atoms in total. The first kappa shape index (κ1) is 34.1. The van der Waals surface area contributed by atoms with Crippen molar-refractivity contribution in [2.45, 2.75) is 46.4 Å². The molecule has 0 saturated heterocycles. The third kappa shape index (κ3) is 7.33. The zero-order valence-corrected chi connectivity index (χ0v) is 30.9. The van der Waals surface area contributed by atoms with Gasteiger partial charge in [-0.05, 0) is 126 Å². The number of halogens is 3. The Morgan fingerprint density at radius 3 is 2.52 bits per heavy atom. The van der Waals surface area contributed by atoms with Crippen molar-refractivity contribution < 1.29 is 28.1 Å². The number of carbonyl (C=O) groups excluding carboxylic acids is 1. The fourth-order valence-electron chi connectivity index (χ4n) is 5.03. The van der Waals surface area contributed by atoms with Crippen LogP contribution in [0.5, 0.6) is 17.2 Å². The Morgan fingerprint density at radius 2 is 1.85 bits per heavy atom. The summed E-state index contributed by atoms with van der Waals surface area (Å²) in [6.45, 7) is 7.71. The average Bonchev–Trinajstić information content (AvgIpc) is 3.30. The third-order valence-electron chi connectivity index (χ3n) is 7.00. The molecule has 12 heteroatoms. The summed E-state index contributed by atoms with van der Waals surface area (Å²) in [7, 11) is 1.55. The molecule has 0 saturated carbocycles. The number of ether oxygens (including phenoxy) is 4. The van der Waals surface area contributed by atoms with Crippen molar-refractivity contribution in [3.63, 3.8) is 0 Å². The molecule has 2 heterocycles. The highest BCUT2D eigenvalue weighted by atomic mass is 127. The molecular weight excluding hydrogens is 837 g/mol. The van der Waals surface area contributed by atoms with E-state index in [9.17, 15) is 14.0 Å². The first-order chi connectivity index (χ1) is 22.0. The van der Waals surface area contributed by atoms with E-state index in [2.05, 4.69) is 50.2 Å². The molecule has 1 aliphatic heterocycles. The minimum Gasteiger partial charge on any atom is -0.493 e. The van der Waals surface area contributed by atoms with E-state index in [1.165, 1.54) is 28.0 Å². The van der Waals surface area contributed by atoms with Crippen molar-refractivity contribution in [3.05, 3.63) is 115 Å². The maximum Gasteiger partial charge on any atom is 0.338 e. The van der Waals surface area contributed by atoms with Crippen LogP contribution in [0.1, 0.15) is 50.4 Å². The SMILES string of the molecule is CCOC(=O)C1=C(C)N=c2s/c(=C/c3cc(I)cc(I)c3OCc3ccc(F)cc3)c(=O)n2[C@@H]1c1ccc(OC(C)C)c(OC)c1. The topological polar surface area (TPSA) is 88.4 Å². The molecule has 3 aromatic carbocycles. The Labute approximate surface area is 296 Å². The summed E-state index contributed by atoms with van der Waals surface area (Å²) in [6, 6.07) is 14.6. The van der Waals surface area contributed by atoms with Gasteiger partial charge in [-0.15, -0.1) is 0 Å². The molecule has 1 aliphatic rings. The summed E-state index contributed by atoms with van der Waals surface area (Å²) < 4.78 is 40.4. The zero-order valence-electron chi connectivity index (χ0n) is 25.7. The Bertz CT molecular complexity index is 2000. The van der Waals surface area contributed by atoms with Crippen molar-refractivity contribution in [1.29, 1.82) is 0 Å². The van der Waals surface area contributed by atoms with E-state index in [0.29, 0.717) is 43.4 Å². The average molecular weight is 869 g/mol. The summed E-state index contributed by atoms with van der Waals surface area (Å²) in [6.07, 6.45) is 1.71. The van der Waals surface area contributed by atoms with Gasteiger partial charge in [-0.3, -0.25) is 9.36 Å². The second kappa shape index (κ2) is 14.7. The minimum absolute atomic E-state index is 0.0803. The molecule has 0 fully saturated rings. The summed E-state index contributed by atoms with van der Waals surface area (Å²) >= 11 is 5.66. The number of allylic oxidation sites excluding steroid dienone is 1. The number of esters is 1. The van der Waals surface area contributed by atoms with Gasteiger partial charge < -0.3 is 18.9 Å². The van der Waals surface area contributed by atoms with Crippen LogP contribution >= 0.6 is 56.5 Å². The lowest BCUT2D eigenvalue weighted by molar-refractivity contribution is -0.139. The van der Waals surface area contributed by atoms with Crippen LogP contribution in [-0.4, -0.2) is 30.4 Å². The van der Waals surface area contributed by atoms with E-state index in [0.717, 1.165) is 12.7 Å². The number of methoxy groups -OCH3 is 1. The van der Waals surface area contributed by atoms with Gasteiger partial charge in [-0.1, -0.05) is 29.5 Å². The first-order valence-electron chi connectivity index (χ1n) is 14.4. The fraction of sp³-hybridized carbons (Fsp3) is 0.265. The van der Waals surface area contributed by atoms with Crippen molar-refractivity contribution in [2.75, 3.05) is 13.7 Å². The minimum atomic E-state index is -0.815. The monoisotopic (exact) mass is 868 g/mol. The molecule has 0 bridgehead atoms. The number of aromatic nitrogens is 1. The van der Waals surface area contributed by atoms with E-state index >= 15 is 0 Å². The maximum atomic E-state index is 14.3. The number of benzene rings is 3. The Balaban J connectivity index is 1.66. The molecule has 0 spiro atoms. The maximum absolute atomic E-state index is 14.3. The van der Waals surface area contributed by atoms with Gasteiger partial charge >= 0.3 is 5.97 Å². The van der Waals surface area contributed by atoms with Crippen molar-refractivity contribution in [1.82, 2.24) is 4.57 Å². The molecule has 0 unspecified atom stereocenters. The van der Waals surface area contributed by atoms with Crippen molar-refractivity contribution in [2.24, 2.45) is 4.99 Å². The molecule has 0 N–H and O–H groups in total. The van der Waals surface area contributed by atoms with Crippen LogP contribution in [-0.2, 0) is 16.1 Å². The Morgan fingerprint density at radius 1 is 1.11 bits per heavy atom. The molecule has 240 valence electrons. The van der Waals surface area contributed by atoms with Crippen LogP contribution in [0.4, 0.5) is 4.39 Å². The third-order valence-corrected chi connectivity index (χ3v) is 9.41. The van der Waals surface area contributed by atoms with Gasteiger partial charge in [0.1, 0.15) is 18.2 Å². The van der Waals surface area contributed by atoms with Crippen LogP contribution in [0.15, 0.2) is 75.7 Å². The Kier molecular flexibility index (Phi) is 10.9. The molecular formula is C34H31FI2N2O6S. The van der Waals surface area contributed by atoms with Crippen LogP contribution in [0.2, 0.25) is 0 Å². The summed E-state index contributed by atoms with van der Waals surface area (Å²) in [5.74, 6) is 0.757. The lowest BCUT2D eigenvalue weighted by Crippen LogP contribution is -2.40. The molecule has 4 aromatic rings. The number of carbonyl (C=O) groups is 1. The number of nitrogens with zero attached hydrogens (tertiary/aromatic N) is 2. The smallest absolute Gasteiger partial charge is 0.338 e. The summed E-state index contributed by atoms with van der Waals surface area (Å²) in [5.41, 5.74) is 2.58. The van der Waals surface area contributed by atoms with E-state index < -0.39 is 12.0 Å². The molecule has 0 radical (unpaired) electrons. The van der Waals surface area contributed by atoms with Crippen LogP contribution in [0, 0.1) is 13.0 Å². The molecule has 0 amide bonds. The highest BCUT2D eigenvalue weighted by Crippen LogP contribution is 2.37. The normalized spacial score (nSPS) is 14.6. The van der Waals surface area contributed by atoms with E-state index in [1.54, 1.807) is 51.3 Å². The second-order valence-corrected chi connectivity index (χ2v) is 14.0. The predicted molar refractivity (Wildman–Crippen MR) is 192 cm³/mol. The van der Waals surface area contributed by atoms with Gasteiger partial charge in [-0.25, -0.2) is 14.2 Å². The predicted octanol–water partition coefficient (Wildman–Crippen LogP) is 6.52. The number of hydrogen-bond donors (Lipinski definition) is 0. The molecule has 1 atom stereocenters. The van der Waals surface area contributed by atoms with Gasteiger partial charge in [0, 0.05) is 9.13 Å². The molecule has 5 rings (SSSR count). The van der Waals surface area contributed by atoms with E-state index in [-0.39, 0.29) is 36.3 Å². The Hall–Kier alpha value is -3.24. The standard InChI is InChI=1S/C34H31FI2N2O6S/c1-6-43-33(41)29-19(4)38-34-39(30(29)21-9-12-26(45-18(2)3)27(14-21)42-5)32(40)28(46-34)15-22-13-24(36)16-25(37)31(22)44-17-20-7-10-23(35)11-8-20/h7-16,18,30H,6,17H2,1-5H3/b28-15+/t30-/m1/s1. The van der Waals surface area contributed by atoms with Crippen molar-refractivity contribution >= 4 is 68.6 Å². The van der Waals surface area contributed by atoms with Gasteiger partial charge in [0.15, 0.2) is 16.3 Å². The van der Waals surface area contributed by atoms with Gasteiger partial charge in [0.25, 0.3) is 5.56 Å². The number of rotatable bonds is 10. The largest absolute Gasteiger partial charge is 0.493 e. The fourth-order valence-corrected chi connectivity index (χ4v) is 8.11. The van der Waals surface area contributed by atoms with E-state index in [1.807, 2.05) is 32.0 Å². The quantitative estimate of drug-likeness (QED) is 0.133. The van der Waals surface area contributed by atoms with Crippen LogP contribution in [0.25, 0.3) is 6.08 Å². The molecule has 1 aromatic heterocycles.